The van der Waals surface area contributed by atoms with Gasteiger partial charge in [0, 0.05) is 35.2 Å². The zero-order chi connectivity index (χ0) is 26.5. The van der Waals surface area contributed by atoms with Gasteiger partial charge >= 0.3 is 5.91 Å². The predicted octanol–water partition coefficient (Wildman–Crippen LogP) is 3.11. The van der Waals surface area contributed by atoms with Crippen LogP contribution in [0.2, 0.25) is 0 Å². The second-order valence-corrected chi connectivity index (χ2v) is 8.32. The van der Waals surface area contributed by atoms with Crippen LogP contribution < -0.4 is 16.3 Å². The van der Waals surface area contributed by atoms with Crippen molar-refractivity contribution in [3.8, 4) is 0 Å². The summed E-state index contributed by atoms with van der Waals surface area (Å²) in [6, 6.07) is 10.5. The number of hydrogen-bond acceptors (Lipinski definition) is 7. The third kappa shape index (κ3) is 5.86. The van der Waals surface area contributed by atoms with Gasteiger partial charge in [0.05, 0.1) is 17.1 Å². The monoisotopic (exact) mass is 507 g/mol. The van der Waals surface area contributed by atoms with Gasteiger partial charge in [-0.3, -0.25) is 35.3 Å². The number of carbonyl (C=O) groups excluding carboxylic acids is 3. The van der Waals surface area contributed by atoms with Crippen molar-refractivity contribution in [2.24, 2.45) is 5.10 Å². The summed E-state index contributed by atoms with van der Waals surface area (Å²) in [5, 5.41) is 15.0. The Morgan fingerprint density at radius 2 is 1.70 bits per heavy atom. The number of nitro groups is 1. The van der Waals surface area contributed by atoms with Crippen LogP contribution in [0.5, 0.6) is 0 Å². The summed E-state index contributed by atoms with van der Waals surface area (Å²) in [7, 11) is 0. The van der Waals surface area contributed by atoms with E-state index >= 15 is 0 Å². The first-order valence-corrected chi connectivity index (χ1v) is 11.3. The first-order valence-electron chi connectivity index (χ1n) is 11.3. The molecule has 0 saturated heterocycles. The van der Waals surface area contributed by atoms with Crippen LogP contribution in [0.4, 0.5) is 10.1 Å². The van der Waals surface area contributed by atoms with Crippen molar-refractivity contribution in [1.82, 2.24) is 16.3 Å². The van der Waals surface area contributed by atoms with Gasteiger partial charge < -0.3 is 4.42 Å². The standard InChI is InChI=1S/C25H22FN5O6/c1-14-22-19(27-28-21(32)13-15-5-11-18(12-6-15)31(35)36)3-2-4-20(22)37-23(14)25(34)30-29-24(33)16-7-9-17(26)10-8-16/h5-12H,2-4,13H2,1H3,(H,28,32)(H,29,33)(H,30,34)/b27-19+. The molecule has 1 heterocycles. The Morgan fingerprint density at radius 1 is 1.03 bits per heavy atom. The molecule has 1 aliphatic carbocycles. The molecule has 0 atom stereocenters. The molecule has 0 radical (unpaired) electrons. The molecule has 3 aromatic rings. The van der Waals surface area contributed by atoms with Crippen molar-refractivity contribution in [2.45, 2.75) is 32.6 Å². The lowest BCUT2D eigenvalue weighted by molar-refractivity contribution is -0.384. The number of aryl methyl sites for hydroxylation is 1. The highest BCUT2D eigenvalue weighted by atomic mass is 19.1. The highest BCUT2D eigenvalue weighted by molar-refractivity contribution is 6.07. The van der Waals surface area contributed by atoms with Crippen molar-refractivity contribution in [1.29, 1.82) is 0 Å². The Labute approximate surface area is 209 Å². The third-order valence-corrected chi connectivity index (χ3v) is 5.76. The fraction of sp³-hybridized carbons (Fsp3) is 0.200. The summed E-state index contributed by atoms with van der Waals surface area (Å²) < 4.78 is 18.8. The second kappa shape index (κ2) is 10.8. The summed E-state index contributed by atoms with van der Waals surface area (Å²) in [4.78, 5) is 47.5. The molecule has 37 heavy (non-hydrogen) atoms. The number of furan rings is 1. The van der Waals surface area contributed by atoms with Crippen LogP contribution in [0.1, 0.15) is 56.2 Å². The van der Waals surface area contributed by atoms with Gasteiger partial charge in [0.25, 0.3) is 11.6 Å². The van der Waals surface area contributed by atoms with Gasteiger partial charge in [-0.1, -0.05) is 12.1 Å². The summed E-state index contributed by atoms with van der Waals surface area (Å²) in [5.41, 5.74) is 9.41. The predicted molar refractivity (Wildman–Crippen MR) is 129 cm³/mol. The van der Waals surface area contributed by atoms with E-state index in [1.807, 2.05) is 0 Å². The molecule has 0 unspecified atom stereocenters. The molecule has 1 aromatic heterocycles. The van der Waals surface area contributed by atoms with Crippen LogP contribution in [-0.4, -0.2) is 28.4 Å². The Balaban J connectivity index is 1.41. The van der Waals surface area contributed by atoms with Crippen molar-refractivity contribution in [2.75, 3.05) is 0 Å². The first kappa shape index (κ1) is 25.2. The van der Waals surface area contributed by atoms with Crippen molar-refractivity contribution >= 4 is 29.1 Å². The largest absolute Gasteiger partial charge is 0.455 e. The lowest BCUT2D eigenvalue weighted by Gasteiger charge is -2.13. The van der Waals surface area contributed by atoms with E-state index < -0.39 is 28.5 Å². The number of fused-ring (bicyclic) bond motifs is 1. The minimum absolute atomic E-state index is 0.00351. The van der Waals surface area contributed by atoms with Gasteiger partial charge in [0.1, 0.15) is 11.6 Å². The Hall–Kier alpha value is -4.87. The Bertz CT molecular complexity index is 1400. The molecule has 0 bridgehead atoms. The smallest absolute Gasteiger partial charge is 0.305 e. The van der Waals surface area contributed by atoms with Crippen LogP contribution in [0.15, 0.2) is 58.0 Å². The van der Waals surface area contributed by atoms with Crippen LogP contribution in [0.3, 0.4) is 0 Å². The minimum atomic E-state index is -0.677. The molecule has 3 N–H and O–H groups in total. The number of hydrazine groups is 1. The van der Waals surface area contributed by atoms with E-state index in [4.69, 9.17) is 4.42 Å². The zero-order valence-electron chi connectivity index (χ0n) is 19.7. The molecule has 11 nitrogen and oxygen atoms in total. The van der Waals surface area contributed by atoms with Crippen molar-refractivity contribution in [3.63, 3.8) is 0 Å². The highest BCUT2D eigenvalue weighted by Gasteiger charge is 2.28. The maximum absolute atomic E-state index is 13.0. The number of non-ortho nitro benzene ring substituents is 1. The quantitative estimate of drug-likeness (QED) is 0.344. The number of nitrogens with one attached hydrogen (secondary N) is 3. The van der Waals surface area contributed by atoms with E-state index in [0.29, 0.717) is 47.4 Å². The molecule has 0 aliphatic heterocycles. The normalized spacial score (nSPS) is 13.5. The molecule has 2 aromatic carbocycles. The summed E-state index contributed by atoms with van der Waals surface area (Å²) in [5.74, 6) is -1.66. The van der Waals surface area contributed by atoms with E-state index in [0.717, 1.165) is 12.1 Å². The topological polar surface area (TPSA) is 156 Å². The number of hydrazone groups is 1. The van der Waals surface area contributed by atoms with Crippen molar-refractivity contribution in [3.05, 3.63) is 98.2 Å². The lowest BCUT2D eigenvalue weighted by atomic mass is 9.93. The van der Waals surface area contributed by atoms with Gasteiger partial charge in [-0.15, -0.1) is 0 Å². The Kier molecular flexibility index (Phi) is 7.37. The molecule has 0 fully saturated rings. The molecule has 3 amide bonds. The molecule has 190 valence electrons. The van der Waals surface area contributed by atoms with E-state index in [1.54, 1.807) is 6.92 Å². The summed E-state index contributed by atoms with van der Waals surface area (Å²) >= 11 is 0. The minimum Gasteiger partial charge on any atom is -0.455 e. The average Bonchev–Trinajstić information content (AvgIpc) is 3.23. The molecule has 12 heteroatoms. The van der Waals surface area contributed by atoms with E-state index in [9.17, 15) is 28.9 Å². The number of amides is 3. The molecule has 4 rings (SSSR count). The van der Waals surface area contributed by atoms with E-state index in [2.05, 4.69) is 21.4 Å². The zero-order valence-corrected chi connectivity index (χ0v) is 19.7. The SMILES string of the molecule is Cc1c(C(=O)NNC(=O)c2ccc(F)cc2)oc2c1/C(=N/NC(=O)Cc1ccc([N+](=O)[O-])cc1)CCC2. The second-order valence-electron chi connectivity index (χ2n) is 8.32. The van der Waals surface area contributed by atoms with Crippen LogP contribution in [0, 0.1) is 22.9 Å². The number of nitro benzene ring substituents is 1. The van der Waals surface area contributed by atoms with Crippen LogP contribution >= 0.6 is 0 Å². The maximum Gasteiger partial charge on any atom is 0.305 e. The highest BCUT2D eigenvalue weighted by Crippen LogP contribution is 2.29. The number of carbonyl (C=O) groups is 3. The number of benzene rings is 2. The molecule has 0 spiro atoms. The Morgan fingerprint density at radius 3 is 2.38 bits per heavy atom. The van der Waals surface area contributed by atoms with Gasteiger partial charge in [0.15, 0.2) is 5.76 Å². The lowest BCUT2D eigenvalue weighted by Crippen LogP contribution is -2.41. The molecule has 0 saturated carbocycles. The summed E-state index contributed by atoms with van der Waals surface area (Å²) in [6.45, 7) is 1.68. The van der Waals surface area contributed by atoms with Gasteiger partial charge in [-0.25, -0.2) is 9.82 Å². The van der Waals surface area contributed by atoms with Gasteiger partial charge in [-0.05, 0) is 49.6 Å². The third-order valence-electron chi connectivity index (χ3n) is 5.76. The molecule has 1 aliphatic rings. The fourth-order valence-electron chi connectivity index (χ4n) is 3.93. The number of halogens is 1. The maximum atomic E-state index is 13.0. The average molecular weight is 507 g/mol. The number of hydrogen-bond donors (Lipinski definition) is 3. The first-order chi connectivity index (χ1) is 17.7. The van der Waals surface area contributed by atoms with Gasteiger partial charge in [0.2, 0.25) is 5.91 Å². The number of rotatable bonds is 6. The molecular weight excluding hydrogens is 485 g/mol. The van der Waals surface area contributed by atoms with Crippen molar-refractivity contribution < 1.29 is 28.1 Å². The summed E-state index contributed by atoms with van der Waals surface area (Å²) in [6.07, 6.45) is 1.79. The van der Waals surface area contributed by atoms with E-state index in [-0.39, 0.29) is 23.4 Å². The van der Waals surface area contributed by atoms with E-state index in [1.165, 1.54) is 36.4 Å². The van der Waals surface area contributed by atoms with Crippen LogP contribution in [-0.2, 0) is 17.6 Å². The number of nitrogens with zero attached hydrogens (tertiary/aromatic N) is 2. The fourth-order valence-corrected chi connectivity index (χ4v) is 3.93. The van der Waals surface area contributed by atoms with Gasteiger partial charge in [-0.2, -0.15) is 5.10 Å². The molecular formula is C25H22FN5O6. The van der Waals surface area contributed by atoms with Crippen LogP contribution in [0.25, 0.3) is 0 Å².